The second kappa shape index (κ2) is 7.07. The number of alkyl halides is 3. The van der Waals surface area contributed by atoms with E-state index < -0.39 is 17.8 Å². The van der Waals surface area contributed by atoms with Crippen molar-refractivity contribution in [3.63, 3.8) is 0 Å². The molecule has 0 aromatic heterocycles. The number of rotatable bonds is 4. The molecule has 4 unspecified atom stereocenters. The number of nitrogens with zero attached hydrogens (tertiary/aromatic N) is 1. The third-order valence-corrected chi connectivity index (χ3v) is 5.18. The number of carbonyl (C=O) groups excluding carboxylic acids is 1. The zero-order valence-electron chi connectivity index (χ0n) is 13.9. The molecule has 0 saturated carbocycles. The van der Waals surface area contributed by atoms with E-state index >= 15 is 0 Å². The molecule has 4 atom stereocenters. The van der Waals surface area contributed by atoms with E-state index in [4.69, 9.17) is 0 Å². The Bertz CT molecular complexity index is 647. The van der Waals surface area contributed by atoms with Crippen LogP contribution >= 0.6 is 0 Å². The van der Waals surface area contributed by atoms with Gasteiger partial charge < -0.3 is 10.6 Å². The fourth-order valence-electron chi connectivity index (χ4n) is 3.82. The van der Waals surface area contributed by atoms with Gasteiger partial charge in [-0.05, 0) is 49.4 Å². The summed E-state index contributed by atoms with van der Waals surface area (Å²) in [7, 11) is 0. The van der Waals surface area contributed by atoms with Crippen LogP contribution in [0.2, 0.25) is 0 Å². The van der Waals surface area contributed by atoms with Gasteiger partial charge in [-0.25, -0.2) is 4.79 Å². The Balaban J connectivity index is 1.52. The van der Waals surface area contributed by atoms with Crippen LogP contribution < -0.4 is 10.6 Å². The van der Waals surface area contributed by atoms with E-state index in [0.29, 0.717) is 18.4 Å². The van der Waals surface area contributed by atoms with Crippen LogP contribution in [0.5, 0.6) is 0 Å². The van der Waals surface area contributed by atoms with E-state index in [1.807, 2.05) is 6.08 Å². The molecule has 1 aromatic rings. The lowest BCUT2D eigenvalue weighted by Crippen LogP contribution is -2.56. The first-order chi connectivity index (χ1) is 11.9. The highest BCUT2D eigenvalue weighted by Gasteiger charge is 2.38. The Labute approximate surface area is 145 Å². The number of hydrogen-bond acceptors (Lipinski definition) is 2. The van der Waals surface area contributed by atoms with Crippen LogP contribution in [0.3, 0.4) is 0 Å². The quantitative estimate of drug-likeness (QED) is 0.811. The molecule has 4 rings (SSSR count). The molecule has 0 aliphatic carbocycles. The molecule has 2 N–H and O–H groups in total. The summed E-state index contributed by atoms with van der Waals surface area (Å²) < 4.78 is 38.1. The number of amides is 2. The van der Waals surface area contributed by atoms with Gasteiger partial charge in [-0.15, -0.1) is 6.58 Å². The lowest BCUT2D eigenvalue weighted by Gasteiger charge is -2.49. The topological polar surface area (TPSA) is 44.4 Å². The highest BCUT2D eigenvalue weighted by Crippen LogP contribution is 2.36. The summed E-state index contributed by atoms with van der Waals surface area (Å²) in [5.41, 5.74) is -0.652. The standard InChI is InChI=1S/C18H22F3N3O/c1-2-12-11-24-7-6-13(12)8-16(24)10-22-17(25)23-15-5-3-4-14(9-15)18(19,20)21/h2-5,9,12-13,16H,1,6-8,10-11H2,(H2,22,23,25). The first-order valence-electron chi connectivity index (χ1n) is 8.45. The van der Waals surface area contributed by atoms with Gasteiger partial charge in [0.15, 0.2) is 0 Å². The number of halogens is 3. The maximum atomic E-state index is 12.7. The van der Waals surface area contributed by atoms with Crippen LogP contribution in [-0.2, 0) is 6.18 Å². The number of anilines is 1. The van der Waals surface area contributed by atoms with E-state index in [2.05, 4.69) is 22.1 Å². The largest absolute Gasteiger partial charge is 0.416 e. The average Bonchev–Trinajstić information content (AvgIpc) is 2.60. The second-order valence-electron chi connectivity index (χ2n) is 6.75. The summed E-state index contributed by atoms with van der Waals surface area (Å²) in [4.78, 5) is 14.4. The zero-order chi connectivity index (χ0) is 18.0. The number of fused-ring (bicyclic) bond motifs is 3. The van der Waals surface area contributed by atoms with Gasteiger partial charge in [0.2, 0.25) is 0 Å². The third kappa shape index (κ3) is 4.15. The molecule has 3 aliphatic heterocycles. The van der Waals surface area contributed by atoms with Crippen molar-refractivity contribution >= 4 is 11.7 Å². The number of piperidine rings is 3. The van der Waals surface area contributed by atoms with Crippen molar-refractivity contribution in [2.24, 2.45) is 11.8 Å². The van der Waals surface area contributed by atoms with Crippen molar-refractivity contribution in [2.45, 2.75) is 25.1 Å². The molecule has 2 bridgehead atoms. The van der Waals surface area contributed by atoms with Crippen molar-refractivity contribution in [2.75, 3.05) is 25.0 Å². The van der Waals surface area contributed by atoms with Crippen LogP contribution in [0.15, 0.2) is 36.9 Å². The van der Waals surface area contributed by atoms with Crippen molar-refractivity contribution in [3.05, 3.63) is 42.5 Å². The molecular formula is C18H22F3N3O. The molecule has 4 nitrogen and oxygen atoms in total. The minimum absolute atomic E-state index is 0.129. The maximum Gasteiger partial charge on any atom is 0.416 e. The number of benzene rings is 1. The van der Waals surface area contributed by atoms with Gasteiger partial charge in [-0.3, -0.25) is 4.90 Å². The van der Waals surface area contributed by atoms with Gasteiger partial charge in [-0.1, -0.05) is 12.1 Å². The van der Waals surface area contributed by atoms with Gasteiger partial charge >= 0.3 is 12.2 Å². The minimum Gasteiger partial charge on any atom is -0.336 e. The Kier molecular flexibility index (Phi) is 5.03. The Morgan fingerprint density at radius 1 is 1.40 bits per heavy atom. The fourth-order valence-corrected chi connectivity index (χ4v) is 3.82. The smallest absolute Gasteiger partial charge is 0.336 e. The van der Waals surface area contributed by atoms with Gasteiger partial charge in [0.25, 0.3) is 0 Å². The minimum atomic E-state index is -4.43. The Morgan fingerprint density at radius 2 is 2.20 bits per heavy atom. The molecule has 0 radical (unpaired) electrons. The summed E-state index contributed by atoms with van der Waals surface area (Å²) in [6, 6.07) is 4.42. The summed E-state index contributed by atoms with van der Waals surface area (Å²) in [6.45, 7) is 6.37. The number of urea groups is 1. The van der Waals surface area contributed by atoms with E-state index in [9.17, 15) is 18.0 Å². The van der Waals surface area contributed by atoms with E-state index in [-0.39, 0.29) is 11.7 Å². The number of hydrogen-bond donors (Lipinski definition) is 2. The predicted octanol–water partition coefficient (Wildman–Crippen LogP) is 3.72. The Hall–Kier alpha value is -2.02. The van der Waals surface area contributed by atoms with Gasteiger partial charge in [-0.2, -0.15) is 13.2 Å². The average molecular weight is 353 g/mol. The van der Waals surface area contributed by atoms with Gasteiger partial charge in [0.1, 0.15) is 0 Å². The first-order valence-corrected chi connectivity index (χ1v) is 8.45. The summed E-state index contributed by atoms with van der Waals surface area (Å²) >= 11 is 0. The third-order valence-electron chi connectivity index (χ3n) is 5.18. The molecule has 136 valence electrons. The van der Waals surface area contributed by atoms with E-state index in [1.165, 1.54) is 12.1 Å². The Morgan fingerprint density at radius 3 is 2.84 bits per heavy atom. The SMILES string of the molecule is C=CC1CN2CCC1CC2CNC(=O)Nc1cccc(C(F)(F)F)c1. The van der Waals surface area contributed by atoms with Gasteiger partial charge in [0, 0.05) is 24.8 Å². The normalized spacial score (nSPS) is 28.4. The van der Waals surface area contributed by atoms with Gasteiger partial charge in [0.05, 0.1) is 5.56 Å². The van der Waals surface area contributed by atoms with Crippen molar-refractivity contribution in [1.82, 2.24) is 10.2 Å². The lowest BCUT2D eigenvalue weighted by atomic mass is 9.75. The van der Waals surface area contributed by atoms with Crippen LogP contribution in [-0.4, -0.2) is 36.6 Å². The van der Waals surface area contributed by atoms with Crippen LogP contribution in [0.4, 0.5) is 23.7 Å². The predicted molar refractivity (Wildman–Crippen MR) is 90.2 cm³/mol. The van der Waals surface area contributed by atoms with Crippen molar-refractivity contribution < 1.29 is 18.0 Å². The van der Waals surface area contributed by atoms with Crippen molar-refractivity contribution in [3.8, 4) is 0 Å². The molecule has 3 fully saturated rings. The molecule has 3 aliphatic rings. The monoisotopic (exact) mass is 353 g/mol. The molecule has 3 heterocycles. The second-order valence-corrected chi connectivity index (χ2v) is 6.75. The van der Waals surface area contributed by atoms with E-state index in [0.717, 1.165) is 38.1 Å². The van der Waals surface area contributed by atoms with Crippen molar-refractivity contribution in [1.29, 1.82) is 0 Å². The molecule has 3 saturated heterocycles. The fraction of sp³-hybridized carbons (Fsp3) is 0.500. The lowest BCUT2D eigenvalue weighted by molar-refractivity contribution is -0.137. The summed E-state index contributed by atoms with van der Waals surface area (Å²) in [5.74, 6) is 1.13. The van der Waals surface area contributed by atoms with Crippen LogP contribution in [0.1, 0.15) is 18.4 Å². The molecular weight excluding hydrogens is 331 g/mol. The molecule has 2 amide bonds. The maximum absolute atomic E-state index is 12.7. The molecule has 25 heavy (non-hydrogen) atoms. The summed E-state index contributed by atoms with van der Waals surface area (Å²) in [6.07, 6.45) is -0.241. The first kappa shape index (κ1) is 17.8. The highest BCUT2D eigenvalue weighted by atomic mass is 19.4. The number of nitrogens with one attached hydrogen (secondary N) is 2. The van der Waals surface area contributed by atoms with E-state index in [1.54, 1.807) is 0 Å². The van der Waals surface area contributed by atoms with Crippen LogP contribution in [0.25, 0.3) is 0 Å². The summed E-state index contributed by atoms with van der Waals surface area (Å²) in [5, 5.41) is 5.25. The molecule has 7 heteroatoms. The molecule has 1 aromatic carbocycles. The zero-order valence-corrected chi connectivity index (χ0v) is 13.9. The number of carbonyl (C=O) groups is 1. The highest BCUT2D eigenvalue weighted by molar-refractivity contribution is 5.89. The molecule has 0 spiro atoms. The van der Waals surface area contributed by atoms with Crippen LogP contribution in [0, 0.1) is 11.8 Å².